The van der Waals surface area contributed by atoms with Gasteiger partial charge in [0.1, 0.15) is 17.7 Å². The molecule has 0 spiro atoms. The van der Waals surface area contributed by atoms with E-state index >= 15 is 0 Å². The fraction of sp³-hybridized carbons (Fsp3) is 0.0625. The van der Waals surface area contributed by atoms with E-state index in [4.69, 9.17) is 9.15 Å². The van der Waals surface area contributed by atoms with Crippen LogP contribution in [0.2, 0.25) is 0 Å². The topological polar surface area (TPSA) is 47.3 Å². The van der Waals surface area contributed by atoms with Crippen molar-refractivity contribution in [2.75, 3.05) is 12.4 Å². The molecule has 0 saturated carbocycles. The molecule has 20 heavy (non-hydrogen) atoms. The van der Waals surface area contributed by atoms with Crippen molar-refractivity contribution < 1.29 is 9.15 Å². The second-order valence-corrected chi connectivity index (χ2v) is 4.26. The molecule has 1 N–H and O–H groups in total. The Morgan fingerprint density at radius 1 is 1.00 bits per heavy atom. The lowest BCUT2D eigenvalue weighted by Gasteiger charge is -2.00. The van der Waals surface area contributed by atoms with E-state index in [1.807, 2.05) is 54.6 Å². The molecule has 1 heterocycles. The SMILES string of the molecule is COc1ccc(-c2coc(Nc3ccccc3)n2)cc1. The number of methoxy groups -OCH3 is 1. The van der Waals surface area contributed by atoms with Crippen LogP contribution in [0.15, 0.2) is 65.3 Å². The Hall–Kier alpha value is -2.75. The lowest BCUT2D eigenvalue weighted by molar-refractivity contribution is 0.415. The van der Waals surface area contributed by atoms with E-state index in [0.29, 0.717) is 6.01 Å². The third-order valence-electron chi connectivity index (χ3n) is 2.92. The first-order valence-corrected chi connectivity index (χ1v) is 6.27. The van der Waals surface area contributed by atoms with E-state index in [-0.39, 0.29) is 0 Å². The highest BCUT2D eigenvalue weighted by molar-refractivity contribution is 5.62. The minimum absolute atomic E-state index is 0.474. The van der Waals surface area contributed by atoms with Crippen molar-refractivity contribution in [3.05, 3.63) is 60.9 Å². The molecule has 0 aliphatic heterocycles. The van der Waals surface area contributed by atoms with E-state index < -0.39 is 0 Å². The molecule has 3 aromatic rings. The number of oxazole rings is 1. The summed E-state index contributed by atoms with van der Waals surface area (Å²) in [7, 11) is 1.65. The van der Waals surface area contributed by atoms with E-state index in [9.17, 15) is 0 Å². The van der Waals surface area contributed by atoms with Crippen LogP contribution >= 0.6 is 0 Å². The van der Waals surface area contributed by atoms with Gasteiger partial charge in [0.2, 0.25) is 0 Å². The standard InChI is InChI=1S/C16H14N2O2/c1-19-14-9-7-12(8-10-14)15-11-20-16(18-15)17-13-5-3-2-4-6-13/h2-11H,1H3,(H,17,18). The molecule has 0 fully saturated rings. The molecule has 3 rings (SSSR count). The normalized spacial score (nSPS) is 10.2. The Kier molecular flexibility index (Phi) is 3.37. The van der Waals surface area contributed by atoms with Gasteiger partial charge in [-0.2, -0.15) is 4.98 Å². The summed E-state index contributed by atoms with van der Waals surface area (Å²) in [5.41, 5.74) is 2.71. The van der Waals surface area contributed by atoms with E-state index in [1.165, 1.54) is 0 Å². The fourth-order valence-electron chi connectivity index (χ4n) is 1.87. The average molecular weight is 266 g/mol. The van der Waals surface area contributed by atoms with Crippen LogP contribution in [0.25, 0.3) is 11.3 Å². The van der Waals surface area contributed by atoms with Gasteiger partial charge in [0, 0.05) is 11.3 Å². The third kappa shape index (κ3) is 2.64. The highest BCUT2D eigenvalue weighted by atomic mass is 16.5. The Balaban J connectivity index is 1.79. The Bertz CT molecular complexity index is 675. The molecule has 100 valence electrons. The van der Waals surface area contributed by atoms with Gasteiger partial charge in [0.05, 0.1) is 7.11 Å². The monoisotopic (exact) mass is 266 g/mol. The van der Waals surface area contributed by atoms with Crippen molar-refractivity contribution in [1.82, 2.24) is 4.98 Å². The Morgan fingerprint density at radius 2 is 1.75 bits per heavy atom. The van der Waals surface area contributed by atoms with Crippen LogP contribution in [0.5, 0.6) is 5.75 Å². The van der Waals surface area contributed by atoms with Crippen LogP contribution in [0.3, 0.4) is 0 Å². The number of hydrogen-bond donors (Lipinski definition) is 1. The summed E-state index contributed by atoms with van der Waals surface area (Å²) in [5.74, 6) is 0.819. The van der Waals surface area contributed by atoms with Crippen molar-refractivity contribution >= 4 is 11.7 Å². The van der Waals surface area contributed by atoms with Crippen molar-refractivity contribution in [3.63, 3.8) is 0 Å². The second-order valence-electron chi connectivity index (χ2n) is 4.26. The highest BCUT2D eigenvalue weighted by Crippen LogP contribution is 2.24. The van der Waals surface area contributed by atoms with Crippen LogP contribution in [-0.2, 0) is 0 Å². The summed E-state index contributed by atoms with van der Waals surface area (Å²) in [5, 5.41) is 3.11. The number of anilines is 2. The maximum atomic E-state index is 5.43. The van der Waals surface area contributed by atoms with Gasteiger partial charge >= 0.3 is 0 Å². The number of ether oxygens (including phenoxy) is 1. The molecule has 4 nitrogen and oxygen atoms in total. The smallest absolute Gasteiger partial charge is 0.299 e. The van der Waals surface area contributed by atoms with Gasteiger partial charge in [-0.3, -0.25) is 0 Å². The average Bonchev–Trinajstić information content (AvgIpc) is 2.97. The van der Waals surface area contributed by atoms with E-state index in [2.05, 4.69) is 10.3 Å². The number of nitrogens with zero attached hydrogens (tertiary/aromatic N) is 1. The second kappa shape index (κ2) is 5.48. The molecule has 0 aliphatic rings. The van der Waals surface area contributed by atoms with Gasteiger partial charge < -0.3 is 14.5 Å². The van der Waals surface area contributed by atoms with E-state index in [0.717, 1.165) is 22.7 Å². The summed E-state index contributed by atoms with van der Waals surface area (Å²) in [4.78, 5) is 4.41. The van der Waals surface area contributed by atoms with E-state index in [1.54, 1.807) is 13.4 Å². The summed E-state index contributed by atoms with van der Waals surface area (Å²) >= 11 is 0. The molecule has 0 bridgehead atoms. The zero-order chi connectivity index (χ0) is 13.8. The lowest BCUT2D eigenvalue weighted by atomic mass is 10.2. The number of para-hydroxylation sites is 1. The molecule has 4 heteroatoms. The lowest BCUT2D eigenvalue weighted by Crippen LogP contribution is -1.89. The Morgan fingerprint density at radius 3 is 2.45 bits per heavy atom. The number of hydrogen-bond acceptors (Lipinski definition) is 4. The maximum absolute atomic E-state index is 5.43. The summed E-state index contributed by atoms with van der Waals surface area (Å²) in [6, 6.07) is 17.9. The quantitative estimate of drug-likeness (QED) is 0.772. The first-order chi connectivity index (χ1) is 9.85. The van der Waals surface area contributed by atoms with Gasteiger partial charge in [-0.25, -0.2) is 0 Å². The minimum atomic E-state index is 0.474. The fourth-order valence-corrected chi connectivity index (χ4v) is 1.87. The zero-order valence-corrected chi connectivity index (χ0v) is 11.0. The van der Waals surface area contributed by atoms with Crippen LogP contribution in [0, 0.1) is 0 Å². The van der Waals surface area contributed by atoms with Crippen LogP contribution in [0.4, 0.5) is 11.7 Å². The molecular formula is C16H14N2O2. The third-order valence-corrected chi connectivity index (χ3v) is 2.92. The molecule has 0 saturated heterocycles. The molecule has 1 aromatic heterocycles. The number of aromatic nitrogens is 1. The molecule has 2 aromatic carbocycles. The first kappa shape index (κ1) is 12.3. The molecule has 0 radical (unpaired) electrons. The summed E-state index contributed by atoms with van der Waals surface area (Å²) in [6.45, 7) is 0. The highest BCUT2D eigenvalue weighted by Gasteiger charge is 2.06. The first-order valence-electron chi connectivity index (χ1n) is 6.27. The zero-order valence-electron chi connectivity index (χ0n) is 11.0. The van der Waals surface area contributed by atoms with Crippen LogP contribution < -0.4 is 10.1 Å². The molecule has 0 atom stereocenters. The Labute approximate surface area is 117 Å². The van der Waals surface area contributed by atoms with Crippen molar-refractivity contribution in [2.45, 2.75) is 0 Å². The summed E-state index contributed by atoms with van der Waals surface area (Å²) < 4.78 is 10.6. The van der Waals surface area contributed by atoms with Gasteiger partial charge in [0.15, 0.2) is 0 Å². The number of rotatable bonds is 4. The predicted octanol–water partition coefficient (Wildman–Crippen LogP) is 4.09. The van der Waals surface area contributed by atoms with Crippen molar-refractivity contribution in [1.29, 1.82) is 0 Å². The minimum Gasteiger partial charge on any atom is -0.497 e. The largest absolute Gasteiger partial charge is 0.497 e. The number of benzene rings is 2. The number of nitrogens with one attached hydrogen (secondary N) is 1. The van der Waals surface area contributed by atoms with Gasteiger partial charge in [-0.1, -0.05) is 18.2 Å². The molecule has 0 aliphatic carbocycles. The van der Waals surface area contributed by atoms with Crippen LogP contribution in [-0.4, -0.2) is 12.1 Å². The van der Waals surface area contributed by atoms with Crippen LogP contribution in [0.1, 0.15) is 0 Å². The van der Waals surface area contributed by atoms with Gasteiger partial charge in [-0.05, 0) is 36.4 Å². The van der Waals surface area contributed by atoms with Gasteiger partial charge in [-0.15, -0.1) is 0 Å². The van der Waals surface area contributed by atoms with Crippen molar-refractivity contribution in [3.8, 4) is 17.0 Å². The predicted molar refractivity (Wildman–Crippen MR) is 78.2 cm³/mol. The van der Waals surface area contributed by atoms with Gasteiger partial charge in [0.25, 0.3) is 6.01 Å². The molecule has 0 unspecified atom stereocenters. The summed E-state index contributed by atoms with van der Waals surface area (Å²) in [6.07, 6.45) is 1.63. The van der Waals surface area contributed by atoms with Crippen molar-refractivity contribution in [2.24, 2.45) is 0 Å². The molecule has 0 amide bonds. The molecular weight excluding hydrogens is 252 g/mol. The maximum Gasteiger partial charge on any atom is 0.299 e.